The largest absolute Gasteiger partial charge is 0.394 e. The van der Waals surface area contributed by atoms with E-state index in [9.17, 15) is 24.2 Å². The molecule has 0 amide bonds. The summed E-state index contributed by atoms with van der Waals surface area (Å²) in [6.45, 7) is -3.03. The number of hydrogen-bond donors (Lipinski definition) is 3. The first-order valence-electron chi connectivity index (χ1n) is 6.13. The second kappa shape index (κ2) is 4.40. The number of halogens is 1. The Labute approximate surface area is 98.3 Å². The second-order valence-corrected chi connectivity index (χ2v) is 3.44. The maximum absolute atomic E-state index is 13.1. The Balaban J connectivity index is 2.41. The van der Waals surface area contributed by atoms with E-state index >= 15 is 0 Å². The van der Waals surface area contributed by atoms with Crippen molar-refractivity contribution in [1.82, 2.24) is 9.55 Å². The molecule has 1 aliphatic heterocycles. The first kappa shape index (κ1) is 8.56. The van der Waals surface area contributed by atoms with Crippen LogP contribution in [0.2, 0.25) is 0 Å². The summed E-state index contributed by atoms with van der Waals surface area (Å²) in [7, 11) is 0. The van der Waals surface area contributed by atoms with Gasteiger partial charge in [-0.3, -0.25) is 14.3 Å². The van der Waals surface area contributed by atoms with Gasteiger partial charge in [-0.2, -0.15) is 4.39 Å². The van der Waals surface area contributed by atoms with Gasteiger partial charge in [0, 0.05) is 6.42 Å². The minimum absolute atomic E-state index is 0.525. The van der Waals surface area contributed by atoms with Crippen LogP contribution in [0.4, 0.5) is 4.39 Å². The lowest BCUT2D eigenvalue weighted by molar-refractivity contribution is -0.0462. The topological polar surface area (TPSA) is 105 Å². The molecule has 0 aromatic carbocycles. The molecule has 0 radical (unpaired) electrons. The molecule has 1 fully saturated rings. The Bertz CT molecular complexity index is 638. The summed E-state index contributed by atoms with van der Waals surface area (Å²) in [6.07, 6.45) is -5.94. The molecule has 1 aliphatic rings. The summed E-state index contributed by atoms with van der Waals surface area (Å²) in [5.41, 5.74) is -2.28. The van der Waals surface area contributed by atoms with E-state index in [1.807, 2.05) is 0 Å². The maximum atomic E-state index is 13.1. The Morgan fingerprint density at radius 1 is 1.76 bits per heavy atom. The second-order valence-electron chi connectivity index (χ2n) is 3.44. The lowest BCUT2D eigenvalue weighted by Crippen LogP contribution is -2.34. The fraction of sp³-hybridized carbons (Fsp3) is 0.556. The van der Waals surface area contributed by atoms with Crippen molar-refractivity contribution in [2.45, 2.75) is 24.8 Å². The van der Waals surface area contributed by atoms with E-state index in [4.69, 9.17) is 8.85 Å². The van der Waals surface area contributed by atoms with Crippen LogP contribution in [0.1, 0.15) is 16.8 Å². The number of hydrogen-bond acceptors (Lipinski definition) is 5. The first-order chi connectivity index (χ1) is 9.02. The summed E-state index contributed by atoms with van der Waals surface area (Å²) < 4.78 is 40.3. The highest BCUT2D eigenvalue weighted by Gasteiger charge is 2.35. The van der Waals surface area contributed by atoms with Crippen molar-refractivity contribution in [1.29, 1.82) is 0 Å². The van der Waals surface area contributed by atoms with Gasteiger partial charge in [-0.15, -0.1) is 0 Å². The van der Waals surface area contributed by atoms with Gasteiger partial charge < -0.3 is 14.9 Å². The number of nitrogens with one attached hydrogen (secondary N) is 1. The molecule has 3 atom stereocenters. The molecule has 17 heavy (non-hydrogen) atoms. The molecule has 8 heteroatoms. The first-order valence-corrected chi connectivity index (χ1v) is 4.63. The van der Waals surface area contributed by atoms with Gasteiger partial charge in [0.25, 0.3) is 5.56 Å². The number of nitrogens with zero attached hydrogens (tertiary/aromatic N) is 1. The van der Waals surface area contributed by atoms with Crippen LogP contribution in [0.15, 0.2) is 15.8 Å². The van der Waals surface area contributed by atoms with E-state index in [2.05, 4.69) is 0 Å². The van der Waals surface area contributed by atoms with Crippen LogP contribution in [-0.4, -0.2) is 38.5 Å². The van der Waals surface area contributed by atoms with E-state index in [-0.39, 0.29) is 0 Å². The Morgan fingerprint density at radius 3 is 3.06 bits per heavy atom. The van der Waals surface area contributed by atoms with Crippen molar-refractivity contribution in [3.8, 4) is 0 Å². The third-order valence-electron chi connectivity index (χ3n) is 2.33. The molecule has 1 unspecified atom stereocenters. The highest BCUT2D eigenvalue weighted by molar-refractivity contribution is 4.90. The fourth-order valence-electron chi connectivity index (χ4n) is 1.51. The van der Waals surface area contributed by atoms with Crippen molar-refractivity contribution in [2.75, 3.05) is 6.56 Å². The van der Waals surface area contributed by atoms with Gasteiger partial charge in [0.05, 0.1) is 22.9 Å². The van der Waals surface area contributed by atoms with Gasteiger partial charge in [0.15, 0.2) is 0 Å². The third-order valence-corrected chi connectivity index (χ3v) is 2.33. The van der Waals surface area contributed by atoms with Gasteiger partial charge in [-0.25, -0.2) is 4.79 Å². The van der Waals surface area contributed by atoms with E-state index in [0.717, 1.165) is 0 Å². The van der Waals surface area contributed by atoms with Crippen molar-refractivity contribution >= 4 is 0 Å². The van der Waals surface area contributed by atoms with Gasteiger partial charge in [0.1, 0.15) is 12.3 Å². The predicted molar refractivity (Wildman–Crippen MR) is 52.9 cm³/mol. The summed E-state index contributed by atoms with van der Waals surface area (Å²) in [4.78, 5) is 24.1. The highest BCUT2D eigenvalue weighted by atomic mass is 19.1. The zero-order valence-electron chi connectivity index (χ0n) is 11.4. The summed E-state index contributed by atoms with van der Waals surface area (Å²) >= 11 is 0. The normalized spacial score (nSPS) is 36.3. The predicted octanol–water partition coefficient (Wildman–Crippen LogP) is -1.68. The van der Waals surface area contributed by atoms with Crippen LogP contribution in [0, 0.1) is 5.82 Å². The quantitative estimate of drug-likeness (QED) is 0.580. The van der Waals surface area contributed by atoms with Crippen LogP contribution in [0.5, 0.6) is 0 Å². The number of rotatable bonds is 2. The molecule has 7 nitrogen and oxygen atoms in total. The van der Waals surface area contributed by atoms with Crippen LogP contribution in [0.25, 0.3) is 0 Å². The molecule has 0 aliphatic carbocycles. The molecule has 0 bridgehead atoms. The monoisotopic (exact) mass is 249 g/mol. The fourth-order valence-corrected chi connectivity index (χ4v) is 1.51. The van der Waals surface area contributed by atoms with Gasteiger partial charge in [-0.1, -0.05) is 0 Å². The Kier molecular flexibility index (Phi) is 2.21. The Hall–Kier alpha value is -1.51. The lowest BCUT2D eigenvalue weighted by atomic mass is 10.2. The molecule has 2 heterocycles. The van der Waals surface area contributed by atoms with E-state index in [0.29, 0.717) is 10.8 Å². The molecule has 1 aromatic rings. The molecular weight excluding hydrogens is 235 g/mol. The van der Waals surface area contributed by atoms with Gasteiger partial charge >= 0.3 is 5.69 Å². The average molecular weight is 249 g/mol. The number of H-pyrrole nitrogens is 1. The summed E-state index contributed by atoms with van der Waals surface area (Å²) in [5.74, 6) is -1.28. The zero-order chi connectivity index (χ0) is 15.3. The lowest BCUT2D eigenvalue weighted by Gasteiger charge is -2.13. The van der Waals surface area contributed by atoms with Crippen LogP contribution >= 0.6 is 0 Å². The third kappa shape index (κ3) is 2.14. The van der Waals surface area contributed by atoms with E-state index in [1.54, 1.807) is 4.98 Å². The number of aliphatic hydroxyl groups is 2. The van der Waals surface area contributed by atoms with Crippen molar-refractivity contribution < 1.29 is 23.5 Å². The number of ether oxygens (including phenoxy) is 1. The number of aromatic nitrogens is 2. The molecule has 94 valence electrons. The van der Waals surface area contributed by atoms with Crippen LogP contribution in [-0.2, 0) is 4.74 Å². The summed E-state index contributed by atoms with van der Waals surface area (Å²) in [5, 5.41) is 18.9. The van der Waals surface area contributed by atoms with E-state index < -0.39 is 48.5 Å². The highest BCUT2D eigenvalue weighted by Crippen LogP contribution is 2.26. The number of aromatic amines is 1. The van der Waals surface area contributed by atoms with Crippen molar-refractivity contribution in [2.24, 2.45) is 0 Å². The molecule has 0 spiro atoms. The van der Waals surface area contributed by atoms with Gasteiger partial charge in [0.2, 0.25) is 5.82 Å². The summed E-state index contributed by atoms with van der Waals surface area (Å²) in [6, 6.07) is 0. The smallest absolute Gasteiger partial charge is 0.330 e. The Morgan fingerprint density at radius 2 is 2.47 bits per heavy atom. The molecule has 0 saturated carbocycles. The molecule has 2 rings (SSSR count). The van der Waals surface area contributed by atoms with E-state index in [1.165, 1.54) is 0 Å². The molecule has 3 N–H and O–H groups in total. The maximum Gasteiger partial charge on any atom is 0.330 e. The molecule has 1 aromatic heterocycles. The van der Waals surface area contributed by atoms with Crippen molar-refractivity contribution in [3.63, 3.8) is 0 Å². The van der Waals surface area contributed by atoms with Crippen LogP contribution < -0.4 is 11.2 Å². The molecule has 1 saturated heterocycles. The minimum Gasteiger partial charge on any atom is -0.394 e. The molecular formula is C9H11FN2O5. The standard InChI is InChI=1S/C9H11FN2O5/c10-4-2-12(9(16)11-8(4)15)7-1-5(14)6(3-13)17-7/h2,5-7,13-14H,1,3H2,(H,11,15,16)/t5?,6-,7-/m1/s1/i3D2,5D. The van der Waals surface area contributed by atoms with Gasteiger partial charge in [-0.05, 0) is 0 Å². The SMILES string of the molecule is [2H]C([2H])(O)[C@H]1O[C@@H](n2cc(F)c(=O)[nH]c2=O)CC1([2H])O. The minimum atomic E-state index is -3.03. The zero-order valence-corrected chi connectivity index (χ0v) is 8.38. The van der Waals surface area contributed by atoms with Crippen LogP contribution in [0.3, 0.4) is 0 Å². The van der Waals surface area contributed by atoms with Crippen molar-refractivity contribution in [3.05, 3.63) is 32.9 Å². The average Bonchev–Trinajstić information content (AvgIpc) is 2.59.